The highest BCUT2D eigenvalue weighted by molar-refractivity contribution is 6.30. The van der Waals surface area contributed by atoms with Crippen LogP contribution in [0, 0.1) is 6.92 Å². The number of benzene rings is 1. The van der Waals surface area contributed by atoms with E-state index in [1.165, 1.54) is 4.90 Å². The fourth-order valence-electron chi connectivity index (χ4n) is 2.27. The summed E-state index contributed by atoms with van der Waals surface area (Å²) in [4.78, 5) is 13.9. The molecule has 7 nitrogen and oxygen atoms in total. The number of amides is 1. The molecule has 3 rings (SSSR count). The maximum atomic E-state index is 12.3. The van der Waals surface area contributed by atoms with Crippen LogP contribution in [0.1, 0.15) is 21.7 Å². The van der Waals surface area contributed by atoms with Crippen LogP contribution >= 0.6 is 11.6 Å². The summed E-state index contributed by atoms with van der Waals surface area (Å²) in [5.41, 5.74) is 0.158. The van der Waals surface area contributed by atoms with Crippen molar-refractivity contribution >= 4 is 17.5 Å². The number of aryl methyl sites for hydroxylation is 1. The standard InChI is InChI=1S/C12H12ClN5O2/c1-7-4-8(13)2-3-9(7)10(19)18-5-12(20,6-18)11-14-16-17-15-11/h2-4,20H,5-6H2,1H3,(H,14,15,16,17). The number of rotatable bonds is 2. The lowest BCUT2D eigenvalue weighted by molar-refractivity contribution is -0.0923. The second-order valence-electron chi connectivity index (χ2n) is 4.89. The van der Waals surface area contributed by atoms with E-state index in [0.29, 0.717) is 10.6 Å². The SMILES string of the molecule is Cc1cc(Cl)ccc1C(=O)N1CC(O)(c2nn[nH]n2)C1. The van der Waals surface area contributed by atoms with Crippen LogP contribution in [-0.4, -0.2) is 49.6 Å². The molecule has 2 heterocycles. The van der Waals surface area contributed by atoms with E-state index >= 15 is 0 Å². The van der Waals surface area contributed by atoms with E-state index in [1.54, 1.807) is 18.2 Å². The molecule has 2 N–H and O–H groups in total. The van der Waals surface area contributed by atoms with Gasteiger partial charge >= 0.3 is 0 Å². The predicted molar refractivity (Wildman–Crippen MR) is 70.2 cm³/mol. The van der Waals surface area contributed by atoms with Gasteiger partial charge in [-0.15, -0.1) is 10.2 Å². The van der Waals surface area contributed by atoms with E-state index in [2.05, 4.69) is 20.6 Å². The molecule has 20 heavy (non-hydrogen) atoms. The van der Waals surface area contributed by atoms with E-state index in [0.717, 1.165) is 5.56 Å². The van der Waals surface area contributed by atoms with E-state index in [1.807, 2.05) is 6.92 Å². The molecule has 0 atom stereocenters. The van der Waals surface area contributed by atoms with Gasteiger partial charge in [-0.2, -0.15) is 5.21 Å². The molecule has 0 bridgehead atoms. The van der Waals surface area contributed by atoms with Crippen molar-refractivity contribution in [2.45, 2.75) is 12.5 Å². The molecule has 0 radical (unpaired) electrons. The number of aromatic nitrogens is 4. The molecule has 8 heteroatoms. The minimum atomic E-state index is -1.22. The summed E-state index contributed by atoms with van der Waals surface area (Å²) in [6.07, 6.45) is 0. The van der Waals surface area contributed by atoms with Gasteiger partial charge in [-0.05, 0) is 30.7 Å². The number of carbonyl (C=O) groups excluding carboxylic acids is 1. The smallest absolute Gasteiger partial charge is 0.254 e. The van der Waals surface area contributed by atoms with Gasteiger partial charge in [-0.3, -0.25) is 4.79 Å². The third kappa shape index (κ3) is 2.04. The van der Waals surface area contributed by atoms with Crippen LogP contribution in [0.4, 0.5) is 0 Å². The Bertz CT molecular complexity index is 652. The van der Waals surface area contributed by atoms with E-state index in [-0.39, 0.29) is 24.8 Å². The normalized spacial score (nSPS) is 16.9. The Morgan fingerprint density at radius 1 is 1.50 bits per heavy atom. The molecular formula is C12H12ClN5O2. The van der Waals surface area contributed by atoms with Gasteiger partial charge in [0.2, 0.25) is 5.82 Å². The summed E-state index contributed by atoms with van der Waals surface area (Å²) in [6.45, 7) is 2.12. The van der Waals surface area contributed by atoms with Crippen molar-refractivity contribution in [3.05, 3.63) is 40.2 Å². The number of carbonyl (C=O) groups is 1. The maximum Gasteiger partial charge on any atom is 0.254 e. The molecule has 0 saturated carbocycles. The molecule has 1 saturated heterocycles. The number of aromatic amines is 1. The Labute approximate surface area is 119 Å². The number of H-pyrrole nitrogens is 1. The number of likely N-dealkylation sites (tertiary alicyclic amines) is 1. The molecule has 1 aromatic carbocycles. The number of β-amino-alcohol motifs (C(OH)–C–C–N with tert-alkyl or cyclic N) is 1. The molecular weight excluding hydrogens is 282 g/mol. The number of nitrogens with zero attached hydrogens (tertiary/aromatic N) is 4. The number of hydrogen-bond acceptors (Lipinski definition) is 5. The van der Waals surface area contributed by atoms with Crippen molar-refractivity contribution in [2.24, 2.45) is 0 Å². The fourth-order valence-corrected chi connectivity index (χ4v) is 2.49. The lowest BCUT2D eigenvalue weighted by Gasteiger charge is -2.44. The van der Waals surface area contributed by atoms with Crippen molar-refractivity contribution in [1.29, 1.82) is 0 Å². The zero-order valence-electron chi connectivity index (χ0n) is 10.7. The second kappa shape index (κ2) is 4.53. The molecule has 1 aromatic heterocycles. The predicted octanol–water partition coefficient (Wildman–Crippen LogP) is 0.505. The monoisotopic (exact) mass is 293 g/mol. The Balaban J connectivity index is 1.75. The van der Waals surface area contributed by atoms with E-state index in [9.17, 15) is 9.90 Å². The first-order chi connectivity index (χ1) is 9.49. The average Bonchev–Trinajstić information content (AvgIpc) is 2.88. The molecule has 0 unspecified atom stereocenters. The van der Waals surface area contributed by atoms with Crippen molar-refractivity contribution in [3.8, 4) is 0 Å². The van der Waals surface area contributed by atoms with Crippen molar-refractivity contribution < 1.29 is 9.90 Å². The first-order valence-corrected chi connectivity index (χ1v) is 6.39. The van der Waals surface area contributed by atoms with Gasteiger partial charge in [0.1, 0.15) is 0 Å². The first kappa shape index (κ1) is 13.0. The number of aliphatic hydroxyl groups is 1. The van der Waals surface area contributed by atoms with Gasteiger partial charge in [0.25, 0.3) is 5.91 Å². The number of halogens is 1. The van der Waals surface area contributed by atoms with Gasteiger partial charge < -0.3 is 10.0 Å². The summed E-state index contributed by atoms with van der Waals surface area (Å²) in [5, 5.41) is 24.0. The van der Waals surface area contributed by atoms with E-state index < -0.39 is 5.60 Å². The Morgan fingerprint density at radius 2 is 2.25 bits per heavy atom. The van der Waals surface area contributed by atoms with Crippen molar-refractivity contribution in [2.75, 3.05) is 13.1 Å². The van der Waals surface area contributed by atoms with Crippen LogP contribution in [0.15, 0.2) is 18.2 Å². The van der Waals surface area contributed by atoms with Crippen LogP contribution < -0.4 is 0 Å². The lowest BCUT2D eigenvalue weighted by Crippen LogP contribution is -2.61. The number of hydrogen-bond donors (Lipinski definition) is 2. The lowest BCUT2D eigenvalue weighted by atomic mass is 9.92. The van der Waals surface area contributed by atoms with Crippen LogP contribution in [0.5, 0.6) is 0 Å². The third-order valence-corrected chi connectivity index (χ3v) is 3.61. The molecule has 1 fully saturated rings. The summed E-state index contributed by atoms with van der Waals surface area (Å²) >= 11 is 5.87. The number of nitrogens with one attached hydrogen (secondary N) is 1. The van der Waals surface area contributed by atoms with Gasteiger partial charge in [0, 0.05) is 10.6 Å². The molecule has 0 spiro atoms. The Hall–Kier alpha value is -1.99. The Morgan fingerprint density at radius 3 is 2.85 bits per heavy atom. The van der Waals surface area contributed by atoms with Gasteiger partial charge in [0.05, 0.1) is 13.1 Å². The molecule has 0 aliphatic carbocycles. The summed E-state index contributed by atoms with van der Waals surface area (Å²) in [5.74, 6) is 0.0571. The zero-order valence-corrected chi connectivity index (χ0v) is 11.4. The third-order valence-electron chi connectivity index (χ3n) is 3.37. The molecule has 1 amide bonds. The second-order valence-corrected chi connectivity index (χ2v) is 5.32. The van der Waals surface area contributed by atoms with Crippen molar-refractivity contribution in [1.82, 2.24) is 25.5 Å². The Kier molecular flexibility index (Phi) is 2.95. The highest BCUT2D eigenvalue weighted by Crippen LogP contribution is 2.30. The van der Waals surface area contributed by atoms with Gasteiger partial charge in [-0.1, -0.05) is 16.8 Å². The zero-order chi connectivity index (χ0) is 14.3. The quantitative estimate of drug-likeness (QED) is 0.841. The number of tetrazole rings is 1. The van der Waals surface area contributed by atoms with Crippen LogP contribution in [0.3, 0.4) is 0 Å². The highest BCUT2D eigenvalue weighted by atomic mass is 35.5. The molecule has 1 aliphatic heterocycles. The summed E-state index contributed by atoms with van der Waals surface area (Å²) in [6, 6.07) is 5.10. The minimum Gasteiger partial charge on any atom is -0.378 e. The van der Waals surface area contributed by atoms with Gasteiger partial charge in [-0.25, -0.2) is 0 Å². The van der Waals surface area contributed by atoms with Crippen LogP contribution in [0.2, 0.25) is 5.02 Å². The largest absolute Gasteiger partial charge is 0.378 e. The summed E-state index contributed by atoms with van der Waals surface area (Å²) in [7, 11) is 0. The minimum absolute atomic E-state index is 0.146. The average molecular weight is 294 g/mol. The van der Waals surface area contributed by atoms with Crippen LogP contribution in [0.25, 0.3) is 0 Å². The van der Waals surface area contributed by atoms with Crippen LogP contribution in [-0.2, 0) is 5.60 Å². The van der Waals surface area contributed by atoms with Crippen molar-refractivity contribution in [3.63, 3.8) is 0 Å². The molecule has 1 aliphatic rings. The van der Waals surface area contributed by atoms with E-state index in [4.69, 9.17) is 11.6 Å². The maximum absolute atomic E-state index is 12.3. The topological polar surface area (TPSA) is 95.0 Å². The summed E-state index contributed by atoms with van der Waals surface area (Å²) < 4.78 is 0. The fraction of sp³-hybridized carbons (Fsp3) is 0.333. The first-order valence-electron chi connectivity index (χ1n) is 6.01. The highest BCUT2D eigenvalue weighted by Gasteiger charge is 2.48. The van der Waals surface area contributed by atoms with Gasteiger partial charge in [0.15, 0.2) is 5.60 Å². The molecule has 104 valence electrons. The molecule has 2 aromatic rings.